The molecule has 1 aliphatic rings. The molecule has 1 aromatic heterocycles. The van der Waals surface area contributed by atoms with Crippen molar-refractivity contribution < 1.29 is 8.81 Å². The van der Waals surface area contributed by atoms with Crippen LogP contribution in [0.1, 0.15) is 32.9 Å². The summed E-state index contributed by atoms with van der Waals surface area (Å²) in [6.45, 7) is 10.2. The maximum atomic E-state index is 13.0. The summed E-state index contributed by atoms with van der Waals surface area (Å²) in [5, 5.41) is 3.38. The molecular formula is C20H27FN4O. The van der Waals surface area contributed by atoms with Gasteiger partial charge in [0.05, 0.1) is 5.69 Å². The Morgan fingerprint density at radius 3 is 2.77 bits per heavy atom. The molecule has 1 fully saturated rings. The Morgan fingerprint density at radius 1 is 1.35 bits per heavy atom. The summed E-state index contributed by atoms with van der Waals surface area (Å²) < 4.78 is 18.5. The second-order valence-electron chi connectivity index (χ2n) is 7.47. The number of guanidine groups is 1. The standard InChI is InChI=1S/C20H27FN4O/c1-4-22-19(25-12-10-20(2,3)14-25)23-11-9-17-13-26-18(24-17)15-5-7-16(21)8-6-15/h5-8,13H,4,9-12,14H2,1-3H3,(H,22,23). The van der Waals surface area contributed by atoms with Crippen molar-refractivity contribution in [2.75, 3.05) is 26.2 Å². The molecule has 5 nitrogen and oxygen atoms in total. The van der Waals surface area contributed by atoms with Crippen LogP contribution in [0.25, 0.3) is 11.5 Å². The van der Waals surface area contributed by atoms with Crippen LogP contribution in [-0.2, 0) is 6.42 Å². The van der Waals surface area contributed by atoms with Crippen LogP contribution in [0.15, 0.2) is 39.9 Å². The predicted octanol–water partition coefficient (Wildman–Crippen LogP) is 3.72. The molecule has 26 heavy (non-hydrogen) atoms. The first-order chi connectivity index (χ1) is 12.5. The Balaban J connectivity index is 1.60. The molecule has 140 valence electrons. The molecular weight excluding hydrogens is 331 g/mol. The zero-order chi connectivity index (χ0) is 18.6. The molecule has 2 heterocycles. The fourth-order valence-electron chi connectivity index (χ4n) is 3.14. The summed E-state index contributed by atoms with van der Waals surface area (Å²) in [7, 11) is 0. The first kappa shape index (κ1) is 18.4. The Labute approximate surface area is 154 Å². The lowest BCUT2D eigenvalue weighted by atomic mass is 9.93. The second kappa shape index (κ2) is 7.89. The number of halogens is 1. The summed E-state index contributed by atoms with van der Waals surface area (Å²) in [6.07, 6.45) is 3.54. The van der Waals surface area contributed by atoms with Gasteiger partial charge < -0.3 is 14.6 Å². The minimum Gasteiger partial charge on any atom is -0.444 e. The van der Waals surface area contributed by atoms with Gasteiger partial charge in [0.2, 0.25) is 5.89 Å². The van der Waals surface area contributed by atoms with Gasteiger partial charge in [0.15, 0.2) is 5.96 Å². The molecule has 0 atom stereocenters. The van der Waals surface area contributed by atoms with E-state index in [1.807, 2.05) is 0 Å². The summed E-state index contributed by atoms with van der Waals surface area (Å²) in [5.41, 5.74) is 1.96. The van der Waals surface area contributed by atoms with Crippen LogP contribution in [0.5, 0.6) is 0 Å². The number of nitrogens with one attached hydrogen (secondary N) is 1. The first-order valence-electron chi connectivity index (χ1n) is 9.20. The highest BCUT2D eigenvalue weighted by Gasteiger charge is 2.30. The van der Waals surface area contributed by atoms with Gasteiger partial charge in [-0.05, 0) is 43.0 Å². The lowest BCUT2D eigenvalue weighted by Crippen LogP contribution is -2.40. The second-order valence-corrected chi connectivity index (χ2v) is 7.47. The van der Waals surface area contributed by atoms with Crippen LogP contribution >= 0.6 is 0 Å². The Hall–Kier alpha value is -2.37. The average molecular weight is 358 g/mol. The van der Waals surface area contributed by atoms with E-state index in [1.165, 1.54) is 18.6 Å². The van der Waals surface area contributed by atoms with E-state index in [0.29, 0.717) is 24.3 Å². The molecule has 1 saturated heterocycles. The van der Waals surface area contributed by atoms with Crippen LogP contribution in [-0.4, -0.2) is 42.0 Å². The number of hydrogen-bond acceptors (Lipinski definition) is 3. The van der Waals surface area contributed by atoms with Crippen molar-refractivity contribution in [3.63, 3.8) is 0 Å². The highest BCUT2D eigenvalue weighted by Crippen LogP contribution is 2.28. The van der Waals surface area contributed by atoms with Crippen molar-refractivity contribution in [1.29, 1.82) is 0 Å². The van der Waals surface area contributed by atoms with E-state index in [1.54, 1.807) is 18.4 Å². The third kappa shape index (κ3) is 4.62. The zero-order valence-corrected chi connectivity index (χ0v) is 15.8. The van der Waals surface area contributed by atoms with E-state index in [2.05, 4.69) is 36.0 Å². The number of aliphatic imine (C=N–C) groups is 1. The van der Waals surface area contributed by atoms with Gasteiger partial charge in [-0.2, -0.15) is 0 Å². The first-order valence-corrected chi connectivity index (χ1v) is 9.20. The van der Waals surface area contributed by atoms with Gasteiger partial charge in [-0.15, -0.1) is 0 Å². The molecule has 3 rings (SSSR count). The van der Waals surface area contributed by atoms with Crippen LogP contribution in [0.4, 0.5) is 4.39 Å². The van der Waals surface area contributed by atoms with E-state index in [-0.39, 0.29) is 5.82 Å². The van der Waals surface area contributed by atoms with Crippen molar-refractivity contribution in [1.82, 2.24) is 15.2 Å². The van der Waals surface area contributed by atoms with E-state index in [4.69, 9.17) is 9.41 Å². The van der Waals surface area contributed by atoms with E-state index < -0.39 is 0 Å². The Bertz CT molecular complexity index is 751. The van der Waals surface area contributed by atoms with E-state index >= 15 is 0 Å². The molecule has 6 heteroatoms. The SMILES string of the molecule is CCNC(=NCCc1coc(-c2ccc(F)cc2)n1)N1CCC(C)(C)C1. The number of rotatable bonds is 5. The Kier molecular flexibility index (Phi) is 5.59. The van der Waals surface area contributed by atoms with E-state index in [9.17, 15) is 4.39 Å². The number of hydrogen-bond donors (Lipinski definition) is 1. The fraction of sp³-hybridized carbons (Fsp3) is 0.500. The maximum absolute atomic E-state index is 13.0. The number of benzene rings is 1. The van der Waals surface area contributed by atoms with Crippen LogP contribution < -0.4 is 5.32 Å². The average Bonchev–Trinajstić information content (AvgIpc) is 3.21. The van der Waals surface area contributed by atoms with Crippen LogP contribution in [0, 0.1) is 11.2 Å². The molecule has 0 aliphatic carbocycles. The highest BCUT2D eigenvalue weighted by atomic mass is 19.1. The highest BCUT2D eigenvalue weighted by molar-refractivity contribution is 5.80. The monoisotopic (exact) mass is 358 g/mol. The van der Waals surface area contributed by atoms with Crippen molar-refractivity contribution in [2.45, 2.75) is 33.6 Å². The summed E-state index contributed by atoms with van der Waals surface area (Å²) in [5.74, 6) is 1.22. The number of oxazole rings is 1. The van der Waals surface area contributed by atoms with Gasteiger partial charge in [-0.3, -0.25) is 4.99 Å². The fourth-order valence-corrected chi connectivity index (χ4v) is 3.14. The molecule has 0 spiro atoms. The summed E-state index contributed by atoms with van der Waals surface area (Å²) >= 11 is 0. The predicted molar refractivity (Wildman–Crippen MR) is 102 cm³/mol. The number of aromatic nitrogens is 1. The van der Waals surface area contributed by atoms with Gasteiger partial charge in [0.25, 0.3) is 0 Å². The minimum atomic E-state index is -0.268. The summed E-state index contributed by atoms with van der Waals surface area (Å²) in [4.78, 5) is 11.6. The van der Waals surface area contributed by atoms with Crippen molar-refractivity contribution in [2.24, 2.45) is 10.4 Å². The normalized spacial score (nSPS) is 16.9. The maximum Gasteiger partial charge on any atom is 0.226 e. The van der Waals surface area contributed by atoms with Gasteiger partial charge in [-0.25, -0.2) is 9.37 Å². The third-order valence-electron chi connectivity index (χ3n) is 4.58. The topological polar surface area (TPSA) is 53.7 Å². The molecule has 1 N–H and O–H groups in total. The quantitative estimate of drug-likeness (QED) is 0.654. The summed E-state index contributed by atoms with van der Waals surface area (Å²) in [6, 6.07) is 6.15. The largest absolute Gasteiger partial charge is 0.444 e. The molecule has 0 unspecified atom stereocenters. The van der Waals surface area contributed by atoms with Gasteiger partial charge in [0, 0.05) is 38.2 Å². The van der Waals surface area contributed by atoms with Crippen molar-refractivity contribution in [3.8, 4) is 11.5 Å². The molecule has 0 amide bonds. The molecule has 2 aromatic rings. The third-order valence-corrected chi connectivity index (χ3v) is 4.58. The van der Waals surface area contributed by atoms with Crippen LogP contribution in [0.2, 0.25) is 0 Å². The van der Waals surface area contributed by atoms with Crippen molar-refractivity contribution >= 4 is 5.96 Å². The minimum absolute atomic E-state index is 0.268. The molecule has 0 bridgehead atoms. The van der Waals surface area contributed by atoms with Gasteiger partial charge in [-0.1, -0.05) is 13.8 Å². The molecule has 0 radical (unpaired) electrons. The molecule has 1 aromatic carbocycles. The Morgan fingerprint density at radius 2 is 2.12 bits per heavy atom. The number of nitrogens with zero attached hydrogens (tertiary/aromatic N) is 3. The molecule has 0 saturated carbocycles. The lowest BCUT2D eigenvalue weighted by molar-refractivity contribution is 0.370. The van der Waals surface area contributed by atoms with Crippen molar-refractivity contribution in [3.05, 3.63) is 42.0 Å². The smallest absolute Gasteiger partial charge is 0.226 e. The van der Waals surface area contributed by atoms with Gasteiger partial charge in [0.1, 0.15) is 12.1 Å². The van der Waals surface area contributed by atoms with Gasteiger partial charge >= 0.3 is 0 Å². The lowest BCUT2D eigenvalue weighted by Gasteiger charge is -2.23. The molecule has 1 aliphatic heterocycles. The zero-order valence-electron chi connectivity index (χ0n) is 15.8. The number of likely N-dealkylation sites (tertiary alicyclic amines) is 1. The van der Waals surface area contributed by atoms with E-state index in [0.717, 1.165) is 36.9 Å². The van der Waals surface area contributed by atoms with Crippen LogP contribution in [0.3, 0.4) is 0 Å².